The lowest BCUT2D eigenvalue weighted by molar-refractivity contribution is 0.138. The first-order chi connectivity index (χ1) is 10.9. The van der Waals surface area contributed by atoms with E-state index in [1.165, 1.54) is 0 Å². The molecule has 0 aliphatic heterocycles. The van der Waals surface area contributed by atoms with Crippen LogP contribution in [-0.4, -0.2) is 80.3 Å². The van der Waals surface area contributed by atoms with Gasteiger partial charge in [0.15, 0.2) is 8.07 Å². The molecule has 0 fully saturated rings. The maximum atomic E-state index is 9.53. The second-order valence-corrected chi connectivity index (χ2v) is 17.0. The molecule has 0 rings (SSSR count). The van der Waals surface area contributed by atoms with Crippen LogP contribution in [0.2, 0.25) is 12.1 Å². The maximum Gasteiger partial charge on any atom is 0.528 e. The molecule has 0 atom stereocenters. The third kappa shape index (κ3) is 6.03. The minimum atomic E-state index is -2.78. The first-order valence-corrected chi connectivity index (χ1v) is 14.9. The van der Waals surface area contributed by atoms with E-state index in [-0.39, 0.29) is 18.7 Å². The van der Waals surface area contributed by atoms with Gasteiger partial charge < -0.3 is 28.6 Å². The Morgan fingerprint density at radius 1 is 0.696 bits per heavy atom. The Kier molecular flexibility index (Phi) is 10.6. The molecule has 9 heteroatoms. The predicted octanol–water partition coefficient (Wildman–Crippen LogP) is 0.666. The lowest BCUT2D eigenvalue weighted by Gasteiger charge is -2.27. The topological polar surface area (TPSA) is 88.4 Å². The third-order valence-electron chi connectivity index (χ3n) is 4.50. The first kappa shape index (κ1) is 22.9. The first-order valence-electron chi connectivity index (χ1n) is 7.79. The van der Waals surface area contributed by atoms with Crippen molar-refractivity contribution in [1.29, 1.82) is 0 Å². The highest BCUT2D eigenvalue weighted by Crippen LogP contribution is 2.22. The molecule has 23 heavy (non-hydrogen) atoms. The molecule has 0 radical (unpaired) electrons. The van der Waals surface area contributed by atoms with Crippen LogP contribution in [0, 0.1) is 0 Å². The summed E-state index contributed by atoms with van der Waals surface area (Å²) in [6.45, 7) is 4.25. The molecule has 0 amide bonds. The zero-order chi connectivity index (χ0) is 18.0. The largest absolute Gasteiger partial charge is 0.528 e. The van der Waals surface area contributed by atoms with Crippen LogP contribution in [0.5, 0.6) is 0 Å². The van der Waals surface area contributed by atoms with Crippen molar-refractivity contribution in [1.82, 2.24) is 0 Å². The Morgan fingerprint density at radius 2 is 1.09 bits per heavy atom. The Bertz CT molecular complexity index is 328. The molecule has 0 saturated heterocycles. The smallest absolute Gasteiger partial charge is 0.399 e. The molecule has 0 aromatic heterocycles. The average molecular weight is 381 g/mol. The summed E-state index contributed by atoms with van der Waals surface area (Å²) in [6.07, 6.45) is -0.485. The SMILES string of the molecule is CC[Si](C=C[Si](CO)(CO)CO)(C=C[Si](OC)(OC)OC)CC. The van der Waals surface area contributed by atoms with Crippen LogP contribution < -0.4 is 0 Å². The highest BCUT2D eigenvalue weighted by atomic mass is 28.4. The van der Waals surface area contributed by atoms with E-state index < -0.39 is 25.0 Å². The zero-order valence-corrected chi connectivity index (χ0v) is 17.9. The van der Waals surface area contributed by atoms with E-state index in [2.05, 4.69) is 25.2 Å². The van der Waals surface area contributed by atoms with Gasteiger partial charge in [0.25, 0.3) is 0 Å². The summed E-state index contributed by atoms with van der Waals surface area (Å²) in [7, 11) is -2.54. The minimum absolute atomic E-state index is 0.162. The van der Waals surface area contributed by atoms with Crippen molar-refractivity contribution in [2.45, 2.75) is 25.9 Å². The van der Waals surface area contributed by atoms with Crippen LogP contribution in [0.1, 0.15) is 13.8 Å². The summed E-state index contributed by atoms with van der Waals surface area (Å²) in [6, 6.07) is 1.93. The monoisotopic (exact) mass is 380 g/mol. The second kappa shape index (κ2) is 10.7. The van der Waals surface area contributed by atoms with E-state index in [4.69, 9.17) is 13.3 Å². The Hall–Kier alpha value is -0.109. The van der Waals surface area contributed by atoms with Crippen molar-refractivity contribution in [3.63, 3.8) is 0 Å². The number of aliphatic hydroxyl groups excluding tert-OH is 3. The quantitative estimate of drug-likeness (QED) is 0.431. The van der Waals surface area contributed by atoms with Crippen molar-refractivity contribution >= 4 is 25.0 Å². The molecule has 6 nitrogen and oxygen atoms in total. The van der Waals surface area contributed by atoms with Crippen molar-refractivity contribution < 1.29 is 28.6 Å². The van der Waals surface area contributed by atoms with Crippen LogP contribution in [-0.2, 0) is 13.3 Å². The molecule has 0 aliphatic carbocycles. The second-order valence-electron chi connectivity index (χ2n) is 5.66. The van der Waals surface area contributed by atoms with Crippen molar-refractivity contribution in [3.05, 3.63) is 22.8 Å². The summed E-state index contributed by atoms with van der Waals surface area (Å²) in [5, 5.41) is 28.6. The van der Waals surface area contributed by atoms with Gasteiger partial charge in [0.05, 0.1) is 8.07 Å². The Morgan fingerprint density at radius 3 is 1.39 bits per heavy atom. The molecule has 0 spiro atoms. The highest BCUT2D eigenvalue weighted by Gasteiger charge is 2.37. The molecule has 3 N–H and O–H groups in total. The number of aliphatic hydroxyl groups is 3. The summed E-state index contributed by atoms with van der Waals surface area (Å²) < 4.78 is 16.3. The fourth-order valence-corrected chi connectivity index (χ4v) is 10.1. The molecular formula is C14H32O6Si3. The molecule has 0 aliphatic rings. The molecule has 136 valence electrons. The van der Waals surface area contributed by atoms with E-state index in [0.717, 1.165) is 12.1 Å². The van der Waals surface area contributed by atoms with Gasteiger partial charge >= 0.3 is 8.80 Å². The minimum Gasteiger partial charge on any atom is -0.399 e. The predicted molar refractivity (Wildman–Crippen MR) is 98.8 cm³/mol. The Balaban J connectivity index is 5.59. The third-order valence-corrected chi connectivity index (χ3v) is 14.5. The van der Waals surface area contributed by atoms with Crippen LogP contribution >= 0.6 is 0 Å². The van der Waals surface area contributed by atoms with E-state index in [9.17, 15) is 15.3 Å². The summed E-state index contributed by atoms with van der Waals surface area (Å²) >= 11 is 0. The molecule has 0 bridgehead atoms. The molecule has 0 saturated carbocycles. The highest BCUT2D eigenvalue weighted by molar-refractivity contribution is 6.92. The van der Waals surface area contributed by atoms with Gasteiger partial charge in [0, 0.05) is 40.0 Å². The Labute approximate surface area is 142 Å². The van der Waals surface area contributed by atoms with Gasteiger partial charge in [-0.3, -0.25) is 0 Å². The number of hydrogen-bond acceptors (Lipinski definition) is 6. The van der Waals surface area contributed by atoms with Gasteiger partial charge in [-0.15, -0.1) is 0 Å². The van der Waals surface area contributed by atoms with Crippen LogP contribution in [0.15, 0.2) is 22.8 Å². The van der Waals surface area contributed by atoms with E-state index in [0.29, 0.717) is 0 Å². The fourth-order valence-electron chi connectivity index (χ4n) is 2.15. The van der Waals surface area contributed by atoms with Crippen molar-refractivity contribution in [2.75, 3.05) is 40.0 Å². The molecular weight excluding hydrogens is 348 g/mol. The normalized spacial score (nSPS) is 14.3. The van der Waals surface area contributed by atoms with Crippen LogP contribution in [0.25, 0.3) is 0 Å². The van der Waals surface area contributed by atoms with Crippen LogP contribution in [0.4, 0.5) is 0 Å². The lowest BCUT2D eigenvalue weighted by atomic mass is 10.9. The van der Waals surface area contributed by atoms with Gasteiger partial charge in [0.2, 0.25) is 0 Å². The lowest BCUT2D eigenvalue weighted by Crippen LogP contribution is -2.48. The number of hydrogen-bond donors (Lipinski definition) is 3. The standard InChI is InChI=1S/C14H32O6Si3/c1-6-21(7-2,8-9-22(12-15,13-16)14-17)10-11-23(18-3,19-4)20-5/h8-11,15-17H,6-7,12-14H2,1-5H3. The average Bonchev–Trinajstić information content (AvgIpc) is 2.63. The van der Waals surface area contributed by atoms with Crippen molar-refractivity contribution in [2.24, 2.45) is 0 Å². The van der Waals surface area contributed by atoms with Gasteiger partial charge in [-0.2, -0.15) is 0 Å². The van der Waals surface area contributed by atoms with Crippen molar-refractivity contribution in [3.8, 4) is 0 Å². The van der Waals surface area contributed by atoms with Gasteiger partial charge in [-0.1, -0.05) is 43.0 Å². The van der Waals surface area contributed by atoms with Gasteiger partial charge in [0.1, 0.15) is 0 Å². The van der Waals surface area contributed by atoms with Gasteiger partial charge in [-0.05, 0) is 5.70 Å². The van der Waals surface area contributed by atoms with E-state index in [1.54, 1.807) is 21.3 Å². The number of rotatable bonds is 12. The van der Waals surface area contributed by atoms with Crippen LogP contribution in [0.3, 0.4) is 0 Å². The molecule has 0 heterocycles. The molecule has 0 aromatic carbocycles. The summed E-state index contributed by atoms with van der Waals surface area (Å²) in [4.78, 5) is 0. The molecule has 0 aromatic rings. The summed E-state index contributed by atoms with van der Waals surface area (Å²) in [5.74, 6) is 0. The zero-order valence-electron chi connectivity index (χ0n) is 14.9. The fraction of sp³-hybridized carbons (Fsp3) is 0.714. The maximum absolute atomic E-state index is 9.53. The molecule has 0 unspecified atom stereocenters. The summed E-state index contributed by atoms with van der Waals surface area (Å²) in [5.41, 5.74) is 8.08. The van der Waals surface area contributed by atoms with E-state index in [1.807, 2.05) is 11.4 Å². The van der Waals surface area contributed by atoms with Gasteiger partial charge in [-0.25, -0.2) is 0 Å². The van der Waals surface area contributed by atoms with E-state index >= 15 is 0 Å².